The van der Waals surface area contributed by atoms with E-state index < -0.39 is 5.54 Å². The summed E-state index contributed by atoms with van der Waals surface area (Å²) in [6.07, 6.45) is 0.752. The molecule has 82 valence electrons. The predicted octanol–water partition coefficient (Wildman–Crippen LogP) is 1.10. The van der Waals surface area contributed by atoms with Crippen molar-refractivity contribution < 1.29 is 0 Å². The maximum Gasteiger partial charge on any atom is 0.255 e. The number of rotatable bonds is 2. The number of thioether (sulfide) groups is 1. The lowest BCUT2D eigenvalue weighted by molar-refractivity contribution is 0.442. The molecule has 1 atom stereocenters. The van der Waals surface area contributed by atoms with Crippen molar-refractivity contribution in [3.8, 4) is 0 Å². The molecule has 0 amide bonds. The zero-order chi connectivity index (χ0) is 11.1. The number of nitrogens with zero attached hydrogens (tertiary/aromatic N) is 1. The van der Waals surface area contributed by atoms with Gasteiger partial charge in [0.15, 0.2) is 0 Å². The van der Waals surface area contributed by atoms with E-state index in [0.717, 1.165) is 29.2 Å². The van der Waals surface area contributed by atoms with Crippen molar-refractivity contribution in [1.82, 2.24) is 9.97 Å². The lowest BCUT2D eigenvalue weighted by Crippen LogP contribution is -2.37. The molecule has 0 fully saturated rings. The van der Waals surface area contributed by atoms with Gasteiger partial charge in [-0.3, -0.25) is 4.79 Å². The van der Waals surface area contributed by atoms with E-state index in [1.54, 1.807) is 11.8 Å². The van der Waals surface area contributed by atoms with Crippen LogP contribution in [0.3, 0.4) is 0 Å². The second-order valence-corrected chi connectivity index (χ2v) is 5.09. The maximum absolute atomic E-state index is 11.7. The number of hydrogen-bond acceptors (Lipinski definition) is 4. The SMILES string of the molecule is CCC(C)(N)c1nc2c(c(=O)[nH]1)CSC2. The smallest absolute Gasteiger partial charge is 0.255 e. The number of H-pyrrole nitrogens is 1. The van der Waals surface area contributed by atoms with Crippen LogP contribution >= 0.6 is 11.8 Å². The summed E-state index contributed by atoms with van der Waals surface area (Å²) in [7, 11) is 0. The Morgan fingerprint density at radius 3 is 3.00 bits per heavy atom. The van der Waals surface area contributed by atoms with Crippen molar-refractivity contribution in [3.63, 3.8) is 0 Å². The Kier molecular flexibility index (Phi) is 2.60. The molecule has 0 radical (unpaired) electrons. The molecule has 2 rings (SSSR count). The second-order valence-electron chi connectivity index (χ2n) is 4.10. The van der Waals surface area contributed by atoms with Crippen LogP contribution in [0.1, 0.15) is 37.4 Å². The fourth-order valence-electron chi connectivity index (χ4n) is 1.50. The molecule has 0 spiro atoms. The Morgan fingerprint density at radius 1 is 1.60 bits per heavy atom. The molecule has 1 aliphatic heterocycles. The van der Waals surface area contributed by atoms with Gasteiger partial charge < -0.3 is 10.7 Å². The standard InChI is InChI=1S/C10H15N3OS/c1-3-10(2,11)9-12-7-5-15-4-6(7)8(14)13-9/h3-5,11H2,1-2H3,(H,12,13,14). The Balaban J connectivity index is 2.53. The number of hydrogen-bond donors (Lipinski definition) is 2. The van der Waals surface area contributed by atoms with E-state index >= 15 is 0 Å². The summed E-state index contributed by atoms with van der Waals surface area (Å²) in [6, 6.07) is 0. The fraction of sp³-hybridized carbons (Fsp3) is 0.600. The Labute approximate surface area is 92.7 Å². The van der Waals surface area contributed by atoms with Crippen LogP contribution in [0.5, 0.6) is 0 Å². The van der Waals surface area contributed by atoms with Crippen molar-refractivity contribution in [2.24, 2.45) is 5.73 Å². The van der Waals surface area contributed by atoms with Gasteiger partial charge in [0.2, 0.25) is 0 Å². The zero-order valence-electron chi connectivity index (χ0n) is 8.96. The van der Waals surface area contributed by atoms with E-state index in [0.29, 0.717) is 5.82 Å². The van der Waals surface area contributed by atoms with Crippen LogP contribution < -0.4 is 11.3 Å². The second kappa shape index (κ2) is 3.64. The Hall–Kier alpha value is -0.810. The molecular formula is C10H15N3OS. The van der Waals surface area contributed by atoms with Crippen LogP contribution in [0.25, 0.3) is 0 Å². The van der Waals surface area contributed by atoms with E-state index in [4.69, 9.17) is 5.73 Å². The van der Waals surface area contributed by atoms with Gasteiger partial charge in [0.1, 0.15) is 5.82 Å². The third-order valence-electron chi connectivity index (χ3n) is 2.86. The minimum atomic E-state index is -0.540. The highest BCUT2D eigenvalue weighted by Crippen LogP contribution is 2.27. The summed E-state index contributed by atoms with van der Waals surface area (Å²) >= 11 is 1.72. The average molecular weight is 225 g/mol. The van der Waals surface area contributed by atoms with E-state index in [1.807, 2.05) is 13.8 Å². The number of nitrogens with one attached hydrogen (secondary N) is 1. The van der Waals surface area contributed by atoms with Crippen LogP contribution in [-0.2, 0) is 17.0 Å². The molecular weight excluding hydrogens is 210 g/mol. The summed E-state index contributed by atoms with van der Waals surface area (Å²) in [5.41, 5.74) is 7.22. The largest absolute Gasteiger partial charge is 0.319 e. The summed E-state index contributed by atoms with van der Waals surface area (Å²) in [6.45, 7) is 3.88. The van der Waals surface area contributed by atoms with E-state index in [1.165, 1.54) is 0 Å². The van der Waals surface area contributed by atoms with Gasteiger partial charge in [-0.25, -0.2) is 4.98 Å². The van der Waals surface area contributed by atoms with Gasteiger partial charge in [0.25, 0.3) is 5.56 Å². The number of aromatic amines is 1. The average Bonchev–Trinajstić information content (AvgIpc) is 2.66. The lowest BCUT2D eigenvalue weighted by Gasteiger charge is -2.21. The monoisotopic (exact) mass is 225 g/mol. The van der Waals surface area contributed by atoms with Crippen molar-refractivity contribution in [2.75, 3.05) is 0 Å². The highest BCUT2D eigenvalue weighted by molar-refractivity contribution is 7.98. The highest BCUT2D eigenvalue weighted by Gasteiger charge is 2.25. The van der Waals surface area contributed by atoms with Gasteiger partial charge in [-0.1, -0.05) is 6.92 Å². The summed E-state index contributed by atoms with van der Waals surface area (Å²) < 4.78 is 0. The quantitative estimate of drug-likeness (QED) is 0.790. The van der Waals surface area contributed by atoms with Crippen LogP contribution in [0.15, 0.2) is 4.79 Å². The van der Waals surface area contributed by atoms with Gasteiger partial charge in [0.05, 0.1) is 11.2 Å². The predicted molar refractivity (Wildman–Crippen MR) is 61.7 cm³/mol. The molecule has 0 bridgehead atoms. The molecule has 5 heteroatoms. The van der Waals surface area contributed by atoms with Gasteiger partial charge in [-0.05, 0) is 13.3 Å². The first kappa shape index (κ1) is 10.7. The Bertz CT molecular complexity index is 439. The minimum Gasteiger partial charge on any atom is -0.319 e. The van der Waals surface area contributed by atoms with Gasteiger partial charge in [0, 0.05) is 17.1 Å². The molecule has 4 nitrogen and oxygen atoms in total. The van der Waals surface area contributed by atoms with Crippen LogP contribution in [0, 0.1) is 0 Å². The molecule has 1 aromatic heterocycles. The van der Waals surface area contributed by atoms with Crippen molar-refractivity contribution >= 4 is 11.8 Å². The molecule has 0 aromatic carbocycles. The molecule has 0 saturated heterocycles. The molecule has 0 saturated carbocycles. The highest BCUT2D eigenvalue weighted by atomic mass is 32.2. The molecule has 3 N–H and O–H groups in total. The third-order valence-corrected chi connectivity index (χ3v) is 3.83. The number of aromatic nitrogens is 2. The first-order chi connectivity index (χ1) is 7.04. The van der Waals surface area contributed by atoms with Gasteiger partial charge in [-0.2, -0.15) is 11.8 Å². The number of nitrogens with two attached hydrogens (primary N) is 1. The van der Waals surface area contributed by atoms with Crippen LogP contribution in [0.2, 0.25) is 0 Å². The fourth-order valence-corrected chi connectivity index (χ4v) is 2.54. The normalized spacial score (nSPS) is 18.6. The van der Waals surface area contributed by atoms with Gasteiger partial charge >= 0.3 is 0 Å². The van der Waals surface area contributed by atoms with Crippen molar-refractivity contribution in [3.05, 3.63) is 27.4 Å². The van der Waals surface area contributed by atoms with E-state index in [9.17, 15) is 4.79 Å². The molecule has 1 aromatic rings. The van der Waals surface area contributed by atoms with E-state index in [-0.39, 0.29) is 5.56 Å². The Morgan fingerprint density at radius 2 is 2.33 bits per heavy atom. The van der Waals surface area contributed by atoms with Crippen molar-refractivity contribution in [2.45, 2.75) is 37.3 Å². The van der Waals surface area contributed by atoms with Gasteiger partial charge in [-0.15, -0.1) is 0 Å². The molecule has 1 aliphatic rings. The molecule has 1 unspecified atom stereocenters. The topological polar surface area (TPSA) is 71.8 Å². The summed E-state index contributed by atoms with van der Waals surface area (Å²) in [4.78, 5) is 19.0. The summed E-state index contributed by atoms with van der Waals surface area (Å²) in [5, 5.41) is 0. The molecule has 2 heterocycles. The van der Waals surface area contributed by atoms with Crippen LogP contribution in [0.4, 0.5) is 0 Å². The third kappa shape index (κ3) is 1.81. The molecule has 15 heavy (non-hydrogen) atoms. The first-order valence-corrected chi connectivity index (χ1v) is 6.19. The zero-order valence-corrected chi connectivity index (χ0v) is 9.78. The molecule has 0 aliphatic carbocycles. The minimum absolute atomic E-state index is 0.0230. The summed E-state index contributed by atoms with van der Waals surface area (Å²) in [5.74, 6) is 2.20. The van der Waals surface area contributed by atoms with Crippen LogP contribution in [-0.4, -0.2) is 9.97 Å². The van der Waals surface area contributed by atoms with E-state index in [2.05, 4.69) is 9.97 Å². The van der Waals surface area contributed by atoms with Crippen molar-refractivity contribution in [1.29, 1.82) is 0 Å². The lowest BCUT2D eigenvalue weighted by atomic mass is 9.99. The number of fused-ring (bicyclic) bond motifs is 1. The first-order valence-electron chi connectivity index (χ1n) is 5.04. The maximum atomic E-state index is 11.7.